The Morgan fingerprint density at radius 2 is 1.97 bits per heavy atom. The predicted molar refractivity (Wildman–Crippen MR) is 116 cm³/mol. The van der Waals surface area contributed by atoms with Crippen molar-refractivity contribution < 1.29 is 9.32 Å². The lowest BCUT2D eigenvalue weighted by Crippen LogP contribution is -2.39. The third kappa shape index (κ3) is 3.92. The van der Waals surface area contributed by atoms with Crippen molar-refractivity contribution in [3.63, 3.8) is 0 Å². The van der Waals surface area contributed by atoms with Gasteiger partial charge in [0.1, 0.15) is 5.76 Å². The molecule has 5 heteroatoms. The van der Waals surface area contributed by atoms with Gasteiger partial charge >= 0.3 is 0 Å². The van der Waals surface area contributed by atoms with Crippen LogP contribution in [-0.4, -0.2) is 47.0 Å². The summed E-state index contributed by atoms with van der Waals surface area (Å²) >= 11 is 0. The summed E-state index contributed by atoms with van der Waals surface area (Å²) in [5.74, 6) is 2.14. The summed E-state index contributed by atoms with van der Waals surface area (Å²) in [7, 11) is 0. The molecule has 3 aliphatic rings. The zero-order valence-corrected chi connectivity index (χ0v) is 18.1. The molecule has 3 heterocycles. The molecule has 1 aromatic heterocycles. The highest BCUT2D eigenvalue weighted by Gasteiger charge is 2.53. The normalized spacial score (nSPS) is 27.1. The molecule has 5 nitrogen and oxygen atoms in total. The molecule has 0 unspecified atom stereocenters. The average Bonchev–Trinajstić information content (AvgIpc) is 3.51. The summed E-state index contributed by atoms with van der Waals surface area (Å²) in [5, 5.41) is 4.20. The van der Waals surface area contributed by atoms with Gasteiger partial charge in [-0.25, -0.2) is 0 Å². The Morgan fingerprint density at radius 1 is 1.17 bits per heavy atom. The van der Waals surface area contributed by atoms with Crippen molar-refractivity contribution in [1.29, 1.82) is 0 Å². The van der Waals surface area contributed by atoms with Crippen LogP contribution >= 0.6 is 0 Å². The lowest BCUT2D eigenvalue weighted by Gasteiger charge is -2.30. The molecule has 0 N–H and O–H groups in total. The lowest BCUT2D eigenvalue weighted by molar-refractivity contribution is -0.134. The Labute approximate surface area is 179 Å². The molecule has 2 saturated heterocycles. The number of aryl methyl sites for hydroxylation is 2. The van der Waals surface area contributed by atoms with Crippen LogP contribution in [0.4, 0.5) is 0 Å². The number of hydrogen-bond acceptors (Lipinski definition) is 4. The van der Waals surface area contributed by atoms with E-state index in [-0.39, 0.29) is 11.3 Å². The van der Waals surface area contributed by atoms with E-state index >= 15 is 0 Å². The second-order valence-corrected chi connectivity index (χ2v) is 9.84. The molecular formula is C25H33N3O2. The Balaban J connectivity index is 1.31. The van der Waals surface area contributed by atoms with Crippen molar-refractivity contribution in [2.45, 2.75) is 52.0 Å². The minimum Gasteiger partial charge on any atom is -0.361 e. The van der Waals surface area contributed by atoms with Crippen LogP contribution in [0, 0.1) is 24.2 Å². The molecule has 2 atom stereocenters. The van der Waals surface area contributed by atoms with Gasteiger partial charge in [0.25, 0.3) is 0 Å². The summed E-state index contributed by atoms with van der Waals surface area (Å²) in [4.78, 5) is 17.9. The first-order chi connectivity index (χ1) is 14.6. The minimum absolute atomic E-state index is 0.197. The molecule has 1 aromatic carbocycles. The minimum atomic E-state index is 0.197. The number of nitrogens with zero attached hydrogens (tertiary/aromatic N) is 3. The smallest absolute Gasteiger partial charge is 0.225 e. The molecular weight excluding hydrogens is 374 g/mol. The monoisotopic (exact) mass is 407 g/mol. The summed E-state index contributed by atoms with van der Waals surface area (Å²) in [5.41, 5.74) is 2.62. The van der Waals surface area contributed by atoms with Gasteiger partial charge in [-0.15, -0.1) is 0 Å². The van der Waals surface area contributed by atoms with E-state index in [0.29, 0.717) is 11.8 Å². The Morgan fingerprint density at radius 3 is 2.70 bits per heavy atom. The van der Waals surface area contributed by atoms with Gasteiger partial charge in [-0.3, -0.25) is 9.69 Å². The van der Waals surface area contributed by atoms with Gasteiger partial charge in [-0.05, 0) is 44.1 Å². The zero-order chi connectivity index (χ0) is 20.6. The Kier molecular flexibility index (Phi) is 5.40. The van der Waals surface area contributed by atoms with Gasteiger partial charge in [0.05, 0.1) is 5.69 Å². The number of carbonyl (C=O) groups is 1. The maximum atomic E-state index is 13.2. The van der Waals surface area contributed by atoms with Crippen molar-refractivity contribution in [1.82, 2.24) is 15.0 Å². The summed E-state index contributed by atoms with van der Waals surface area (Å²) in [6.07, 6.45) is 6.85. The standard InChI is InChI=1S/C25H33N3O2/c1-19-13-23(26-30-19)16-27-14-22-15-28(24(29)21-9-5-6-10-21)18-25(22,17-27)12-11-20-7-3-2-4-8-20/h2-4,7-8,13,21-22H,5-6,9-12,14-18H2,1H3/t22-,25+/m0/s1. The number of rotatable bonds is 6. The van der Waals surface area contributed by atoms with Gasteiger partial charge in [0.2, 0.25) is 5.91 Å². The highest BCUT2D eigenvalue weighted by atomic mass is 16.5. The molecule has 30 heavy (non-hydrogen) atoms. The lowest BCUT2D eigenvalue weighted by atomic mass is 9.76. The quantitative estimate of drug-likeness (QED) is 0.724. The number of carbonyl (C=O) groups excluding carboxylic acids is 1. The fraction of sp³-hybridized carbons (Fsp3) is 0.600. The van der Waals surface area contributed by atoms with Gasteiger partial charge < -0.3 is 9.42 Å². The second-order valence-electron chi connectivity index (χ2n) is 9.84. The molecule has 0 radical (unpaired) electrons. The molecule has 3 fully saturated rings. The largest absolute Gasteiger partial charge is 0.361 e. The van der Waals surface area contributed by atoms with Crippen LogP contribution < -0.4 is 0 Å². The third-order valence-electron chi connectivity index (χ3n) is 7.66. The maximum Gasteiger partial charge on any atom is 0.225 e. The fourth-order valence-corrected chi connectivity index (χ4v) is 6.13. The van der Waals surface area contributed by atoms with Crippen molar-refractivity contribution >= 4 is 5.91 Å². The van der Waals surface area contributed by atoms with E-state index in [4.69, 9.17) is 4.52 Å². The first-order valence-corrected chi connectivity index (χ1v) is 11.6. The van der Waals surface area contributed by atoms with Crippen molar-refractivity contribution in [3.05, 3.63) is 53.4 Å². The van der Waals surface area contributed by atoms with Gasteiger partial charge in [0.15, 0.2) is 0 Å². The molecule has 1 saturated carbocycles. The van der Waals surface area contributed by atoms with Crippen LogP contribution in [0.25, 0.3) is 0 Å². The highest BCUT2D eigenvalue weighted by molar-refractivity contribution is 5.79. The van der Waals surface area contributed by atoms with E-state index in [1.54, 1.807) is 0 Å². The molecule has 2 aliphatic heterocycles. The number of hydrogen-bond donors (Lipinski definition) is 0. The molecule has 2 aromatic rings. The molecule has 5 rings (SSSR count). The third-order valence-corrected chi connectivity index (χ3v) is 7.66. The van der Waals surface area contributed by atoms with Gasteiger partial charge in [0, 0.05) is 50.1 Å². The Bertz CT molecular complexity index is 874. The number of likely N-dealkylation sites (tertiary alicyclic amines) is 2. The first-order valence-electron chi connectivity index (χ1n) is 11.6. The van der Waals surface area contributed by atoms with Gasteiger partial charge in [-0.1, -0.05) is 48.3 Å². The first kappa shape index (κ1) is 19.8. The molecule has 0 spiro atoms. The van der Waals surface area contributed by atoms with E-state index in [2.05, 4.69) is 45.3 Å². The number of amides is 1. The van der Waals surface area contributed by atoms with Crippen LogP contribution in [-0.2, 0) is 17.8 Å². The van der Waals surface area contributed by atoms with E-state index in [9.17, 15) is 4.79 Å². The van der Waals surface area contributed by atoms with Crippen LogP contribution in [0.2, 0.25) is 0 Å². The molecule has 160 valence electrons. The average molecular weight is 408 g/mol. The topological polar surface area (TPSA) is 49.6 Å². The fourth-order valence-electron chi connectivity index (χ4n) is 6.13. The molecule has 1 amide bonds. The summed E-state index contributed by atoms with van der Waals surface area (Å²) < 4.78 is 5.28. The van der Waals surface area contributed by atoms with Crippen LogP contribution in [0.15, 0.2) is 40.9 Å². The molecule has 1 aliphatic carbocycles. The van der Waals surface area contributed by atoms with Crippen LogP contribution in [0.1, 0.15) is 49.1 Å². The predicted octanol–water partition coefficient (Wildman–Crippen LogP) is 4.07. The summed E-state index contributed by atoms with van der Waals surface area (Å²) in [6, 6.07) is 12.8. The SMILES string of the molecule is Cc1cc(CN2C[C@H]3CN(C(=O)C4CCCC4)C[C@@]3(CCc3ccccc3)C2)no1. The number of benzene rings is 1. The van der Waals surface area contributed by atoms with E-state index in [0.717, 1.165) is 69.9 Å². The number of aromatic nitrogens is 1. The van der Waals surface area contributed by atoms with Crippen LogP contribution in [0.3, 0.4) is 0 Å². The maximum absolute atomic E-state index is 13.2. The van der Waals surface area contributed by atoms with Crippen molar-refractivity contribution in [3.8, 4) is 0 Å². The second kappa shape index (κ2) is 8.18. The van der Waals surface area contributed by atoms with Gasteiger partial charge in [-0.2, -0.15) is 0 Å². The van der Waals surface area contributed by atoms with E-state index in [1.165, 1.54) is 18.4 Å². The zero-order valence-electron chi connectivity index (χ0n) is 18.1. The summed E-state index contributed by atoms with van der Waals surface area (Å²) in [6.45, 7) is 6.74. The Hall–Kier alpha value is -2.14. The van der Waals surface area contributed by atoms with Crippen LogP contribution in [0.5, 0.6) is 0 Å². The van der Waals surface area contributed by atoms with Crippen molar-refractivity contribution in [2.75, 3.05) is 26.2 Å². The number of fused-ring (bicyclic) bond motifs is 1. The van der Waals surface area contributed by atoms with Crippen molar-refractivity contribution in [2.24, 2.45) is 17.3 Å². The van der Waals surface area contributed by atoms with E-state index < -0.39 is 0 Å². The van der Waals surface area contributed by atoms with E-state index in [1.807, 2.05) is 13.0 Å². The highest BCUT2D eigenvalue weighted by Crippen LogP contribution is 2.47. The molecule has 0 bridgehead atoms.